The van der Waals surface area contributed by atoms with Crippen LogP contribution < -0.4 is 10.6 Å². The number of aromatic nitrogens is 1. The van der Waals surface area contributed by atoms with Crippen molar-refractivity contribution < 1.29 is 14.1 Å². The Morgan fingerprint density at radius 1 is 1.50 bits per heavy atom. The van der Waals surface area contributed by atoms with Crippen LogP contribution in [-0.2, 0) is 10.8 Å². The number of pyridine rings is 1. The smallest absolute Gasteiger partial charge is 0.338 e. The van der Waals surface area contributed by atoms with Crippen molar-refractivity contribution in [2.24, 2.45) is 0 Å². The molecule has 1 aromatic rings. The molecule has 0 aromatic carbocycles. The number of carbonyl (C=O) groups is 1. The van der Waals surface area contributed by atoms with Gasteiger partial charge in [0.25, 0.3) is 0 Å². The summed E-state index contributed by atoms with van der Waals surface area (Å²) in [5.74, 6) is 0.417. The maximum absolute atomic E-state index is 11.3. The van der Waals surface area contributed by atoms with Crippen molar-refractivity contribution in [2.45, 2.75) is 0 Å². The Bertz CT molecular complexity index is 513. The van der Waals surface area contributed by atoms with E-state index in [-0.39, 0.29) is 16.4 Å². The Hall–Kier alpha value is -1.34. The number of carboxylic acids is 1. The van der Waals surface area contributed by atoms with E-state index >= 15 is 0 Å². The van der Waals surface area contributed by atoms with Gasteiger partial charge in [0.15, 0.2) is 5.15 Å². The van der Waals surface area contributed by atoms with Gasteiger partial charge >= 0.3 is 5.97 Å². The van der Waals surface area contributed by atoms with Crippen LogP contribution >= 0.6 is 11.6 Å². The van der Waals surface area contributed by atoms with Crippen molar-refractivity contribution in [1.82, 2.24) is 4.98 Å². The van der Waals surface area contributed by atoms with Crippen molar-refractivity contribution in [1.29, 1.82) is 0 Å². The number of anilines is 2. The van der Waals surface area contributed by atoms with E-state index in [0.29, 0.717) is 30.4 Å². The first-order valence-electron chi connectivity index (χ1n) is 5.28. The van der Waals surface area contributed by atoms with Gasteiger partial charge in [0.2, 0.25) is 0 Å². The first-order chi connectivity index (χ1) is 8.49. The highest BCUT2D eigenvalue weighted by Crippen LogP contribution is 2.26. The fourth-order valence-corrected chi connectivity index (χ4v) is 2.96. The summed E-state index contributed by atoms with van der Waals surface area (Å²) in [6, 6.07) is 1.40. The summed E-state index contributed by atoms with van der Waals surface area (Å²) in [4.78, 5) is 17.0. The molecule has 0 bridgehead atoms. The second kappa shape index (κ2) is 5.11. The van der Waals surface area contributed by atoms with Gasteiger partial charge in [-0.05, 0) is 6.07 Å². The van der Waals surface area contributed by atoms with E-state index in [1.807, 2.05) is 4.90 Å². The van der Waals surface area contributed by atoms with E-state index in [2.05, 4.69) is 4.98 Å². The zero-order valence-corrected chi connectivity index (χ0v) is 11.0. The number of nitrogens with zero attached hydrogens (tertiary/aromatic N) is 2. The van der Waals surface area contributed by atoms with Crippen molar-refractivity contribution in [3.63, 3.8) is 0 Å². The first-order valence-corrected chi connectivity index (χ1v) is 7.15. The minimum absolute atomic E-state index is 0.0170. The zero-order valence-electron chi connectivity index (χ0n) is 9.43. The van der Waals surface area contributed by atoms with Gasteiger partial charge in [0.05, 0.1) is 11.3 Å². The highest BCUT2D eigenvalue weighted by atomic mass is 35.5. The highest BCUT2D eigenvalue weighted by Gasteiger charge is 2.20. The number of rotatable bonds is 2. The van der Waals surface area contributed by atoms with Crippen LogP contribution in [0.25, 0.3) is 0 Å². The highest BCUT2D eigenvalue weighted by molar-refractivity contribution is 7.85. The Balaban J connectivity index is 2.34. The van der Waals surface area contributed by atoms with Gasteiger partial charge in [0, 0.05) is 35.4 Å². The SMILES string of the molecule is Nc1c(C(=O)O)cc(N2CCS(=O)CC2)nc1Cl. The van der Waals surface area contributed by atoms with E-state index in [9.17, 15) is 9.00 Å². The average Bonchev–Trinajstić information content (AvgIpc) is 2.33. The number of nitrogen functional groups attached to an aromatic ring is 1. The summed E-state index contributed by atoms with van der Waals surface area (Å²) in [7, 11) is -0.802. The largest absolute Gasteiger partial charge is 0.478 e. The zero-order chi connectivity index (χ0) is 13.3. The fourth-order valence-electron chi connectivity index (χ4n) is 1.72. The molecule has 0 saturated carbocycles. The molecule has 0 amide bonds. The Kier molecular flexibility index (Phi) is 3.72. The van der Waals surface area contributed by atoms with Crippen molar-refractivity contribution in [3.05, 3.63) is 16.8 Å². The summed E-state index contributed by atoms with van der Waals surface area (Å²) in [5, 5.41) is 9.00. The van der Waals surface area contributed by atoms with Gasteiger partial charge in [-0.1, -0.05) is 11.6 Å². The summed E-state index contributed by atoms with van der Waals surface area (Å²) < 4.78 is 11.3. The molecule has 2 heterocycles. The summed E-state index contributed by atoms with van der Waals surface area (Å²) >= 11 is 5.82. The number of hydrogen-bond acceptors (Lipinski definition) is 5. The van der Waals surface area contributed by atoms with Crippen LogP contribution in [0.4, 0.5) is 11.5 Å². The quantitative estimate of drug-likeness (QED) is 0.773. The van der Waals surface area contributed by atoms with Gasteiger partial charge in [0.1, 0.15) is 5.82 Å². The molecule has 6 nitrogen and oxygen atoms in total. The minimum atomic E-state index is -1.14. The number of carboxylic acid groups (broad SMARTS) is 1. The minimum Gasteiger partial charge on any atom is -0.478 e. The molecule has 0 radical (unpaired) electrons. The van der Waals surface area contributed by atoms with Crippen LogP contribution in [0.2, 0.25) is 5.15 Å². The third-order valence-electron chi connectivity index (χ3n) is 2.73. The molecule has 0 atom stereocenters. The molecule has 0 unspecified atom stereocenters. The lowest BCUT2D eigenvalue weighted by Crippen LogP contribution is -2.38. The third kappa shape index (κ3) is 2.56. The molecule has 0 aliphatic carbocycles. The molecule has 2 rings (SSSR count). The van der Waals surface area contributed by atoms with Gasteiger partial charge in [-0.3, -0.25) is 4.21 Å². The molecule has 18 heavy (non-hydrogen) atoms. The summed E-state index contributed by atoms with van der Waals surface area (Å²) in [6.07, 6.45) is 0. The fraction of sp³-hybridized carbons (Fsp3) is 0.400. The van der Waals surface area contributed by atoms with Crippen LogP contribution in [0.1, 0.15) is 10.4 Å². The Labute approximate surface area is 111 Å². The summed E-state index contributed by atoms with van der Waals surface area (Å²) in [6.45, 7) is 1.14. The van der Waals surface area contributed by atoms with E-state index < -0.39 is 16.8 Å². The van der Waals surface area contributed by atoms with Gasteiger partial charge in [-0.2, -0.15) is 0 Å². The van der Waals surface area contributed by atoms with Crippen LogP contribution in [-0.4, -0.2) is 44.9 Å². The summed E-state index contributed by atoms with van der Waals surface area (Å²) in [5.41, 5.74) is 5.47. The number of hydrogen-bond donors (Lipinski definition) is 2. The predicted molar refractivity (Wildman–Crippen MR) is 70.7 cm³/mol. The predicted octanol–water partition coefficient (Wildman–Crippen LogP) is 0.584. The molecule has 0 spiro atoms. The molecular formula is C10H12ClN3O3S. The van der Waals surface area contributed by atoms with E-state index in [4.69, 9.17) is 22.4 Å². The number of halogens is 1. The third-order valence-corrected chi connectivity index (χ3v) is 4.29. The van der Waals surface area contributed by atoms with E-state index in [1.165, 1.54) is 6.07 Å². The van der Waals surface area contributed by atoms with Gasteiger partial charge in [-0.15, -0.1) is 0 Å². The van der Waals surface area contributed by atoms with E-state index in [1.54, 1.807) is 0 Å². The number of nitrogens with two attached hydrogens (primary N) is 1. The molecule has 1 fully saturated rings. The number of aromatic carboxylic acids is 1. The van der Waals surface area contributed by atoms with Crippen molar-refractivity contribution in [3.8, 4) is 0 Å². The van der Waals surface area contributed by atoms with Gasteiger partial charge in [-0.25, -0.2) is 9.78 Å². The molecule has 1 aliphatic heterocycles. The standard InChI is InChI=1S/C10H12ClN3O3S/c11-9-8(12)6(10(15)16)5-7(13-9)14-1-3-18(17)4-2-14/h5H,1-4,12H2,(H,15,16). The van der Waals surface area contributed by atoms with E-state index in [0.717, 1.165) is 0 Å². The monoisotopic (exact) mass is 289 g/mol. The molecule has 1 aromatic heterocycles. The Morgan fingerprint density at radius 3 is 2.67 bits per heavy atom. The van der Waals surface area contributed by atoms with Crippen LogP contribution in [0, 0.1) is 0 Å². The molecule has 98 valence electrons. The second-order valence-corrected chi connectivity index (χ2v) is 5.93. The molecule has 1 saturated heterocycles. The molecular weight excluding hydrogens is 278 g/mol. The van der Waals surface area contributed by atoms with Crippen LogP contribution in [0.3, 0.4) is 0 Å². The normalized spacial score (nSPS) is 16.8. The first kappa shape index (κ1) is 13.1. The Morgan fingerprint density at radius 2 is 2.11 bits per heavy atom. The molecule has 1 aliphatic rings. The van der Waals surface area contributed by atoms with Crippen molar-refractivity contribution in [2.75, 3.05) is 35.2 Å². The molecule has 8 heteroatoms. The average molecular weight is 290 g/mol. The topological polar surface area (TPSA) is 96.5 Å². The lowest BCUT2D eigenvalue weighted by molar-refractivity contribution is 0.0698. The maximum Gasteiger partial charge on any atom is 0.338 e. The van der Waals surface area contributed by atoms with Crippen molar-refractivity contribution >= 4 is 39.9 Å². The lowest BCUT2D eigenvalue weighted by atomic mass is 10.2. The molecule has 3 N–H and O–H groups in total. The van der Waals surface area contributed by atoms with Crippen LogP contribution in [0.5, 0.6) is 0 Å². The second-order valence-electron chi connectivity index (χ2n) is 3.87. The maximum atomic E-state index is 11.3. The van der Waals surface area contributed by atoms with Gasteiger partial charge < -0.3 is 15.7 Å². The van der Waals surface area contributed by atoms with Crippen LogP contribution in [0.15, 0.2) is 6.07 Å². The lowest BCUT2D eigenvalue weighted by Gasteiger charge is -2.27.